The molecule has 2 aliphatic heterocycles. The zero-order valence-corrected chi connectivity index (χ0v) is 17.4. The van der Waals surface area contributed by atoms with Crippen LogP contribution >= 0.6 is 11.8 Å². The summed E-state index contributed by atoms with van der Waals surface area (Å²) >= 11 is 1.64. The number of benzene rings is 2. The molecule has 0 N–H and O–H groups in total. The van der Waals surface area contributed by atoms with E-state index in [1.807, 2.05) is 29.2 Å². The number of methoxy groups -OCH3 is 1. The molecule has 4 rings (SSSR count). The van der Waals surface area contributed by atoms with Gasteiger partial charge in [0.05, 0.1) is 13.7 Å². The van der Waals surface area contributed by atoms with Gasteiger partial charge in [-0.25, -0.2) is 4.39 Å². The second-order valence-electron chi connectivity index (χ2n) is 7.30. The Kier molecular flexibility index (Phi) is 6.25. The van der Waals surface area contributed by atoms with Crippen molar-refractivity contribution in [1.82, 2.24) is 9.80 Å². The fraction of sp³-hybridized carbons (Fsp3) is 0.409. The Morgan fingerprint density at radius 2 is 1.90 bits per heavy atom. The third-order valence-corrected chi connectivity index (χ3v) is 6.77. The summed E-state index contributed by atoms with van der Waals surface area (Å²) in [6.45, 7) is 4.45. The minimum absolute atomic E-state index is 0.0816. The lowest BCUT2D eigenvalue weighted by molar-refractivity contribution is -0.132. The van der Waals surface area contributed by atoms with Gasteiger partial charge in [0.1, 0.15) is 16.9 Å². The van der Waals surface area contributed by atoms with Crippen LogP contribution in [0.4, 0.5) is 10.1 Å². The van der Waals surface area contributed by atoms with Crippen molar-refractivity contribution in [3.63, 3.8) is 0 Å². The lowest BCUT2D eigenvalue weighted by Gasteiger charge is -2.36. The molecule has 0 spiro atoms. The predicted molar refractivity (Wildman–Crippen MR) is 115 cm³/mol. The average Bonchev–Trinajstić information content (AvgIpc) is 3.24. The number of thioether (sulfide) groups is 1. The Labute approximate surface area is 175 Å². The molecule has 1 atom stereocenters. The number of hydrogen-bond donors (Lipinski definition) is 0. The first-order valence-corrected chi connectivity index (χ1v) is 11.0. The summed E-state index contributed by atoms with van der Waals surface area (Å²) in [6, 6.07) is 14.8. The zero-order valence-electron chi connectivity index (χ0n) is 16.6. The summed E-state index contributed by atoms with van der Waals surface area (Å²) in [6.07, 6.45) is 0. The van der Waals surface area contributed by atoms with E-state index in [4.69, 9.17) is 4.74 Å². The molecule has 0 bridgehead atoms. The highest BCUT2D eigenvalue weighted by Crippen LogP contribution is 2.39. The van der Waals surface area contributed by atoms with E-state index in [1.165, 1.54) is 6.07 Å². The SMILES string of the molecule is COc1cccc(N2CCN(CC(=O)N3CCS[C@H]3c3ccccc3F)CC2)c1. The Morgan fingerprint density at radius 1 is 1.10 bits per heavy atom. The Balaban J connectivity index is 1.34. The second kappa shape index (κ2) is 9.05. The molecule has 0 aromatic heterocycles. The van der Waals surface area contributed by atoms with Crippen molar-refractivity contribution in [2.45, 2.75) is 5.37 Å². The van der Waals surface area contributed by atoms with Crippen LogP contribution in [0.25, 0.3) is 0 Å². The molecule has 154 valence electrons. The number of nitrogens with zero attached hydrogens (tertiary/aromatic N) is 3. The van der Waals surface area contributed by atoms with Crippen LogP contribution < -0.4 is 9.64 Å². The summed E-state index contributed by atoms with van der Waals surface area (Å²) in [4.78, 5) is 19.3. The standard InChI is InChI=1S/C22H26FN3O2S/c1-28-18-6-4-5-17(15-18)25-11-9-24(10-12-25)16-21(27)26-13-14-29-22(26)19-7-2-3-8-20(19)23/h2-8,15,22H,9-14,16H2,1H3/t22-/m0/s1. The fourth-order valence-corrected chi connectivity index (χ4v) is 5.21. The van der Waals surface area contributed by atoms with Crippen LogP contribution in [0.3, 0.4) is 0 Å². The van der Waals surface area contributed by atoms with Crippen LogP contribution in [0.5, 0.6) is 5.75 Å². The highest BCUT2D eigenvalue weighted by molar-refractivity contribution is 7.99. The molecule has 0 radical (unpaired) electrons. The van der Waals surface area contributed by atoms with Gasteiger partial charge in [-0.3, -0.25) is 9.69 Å². The number of amides is 1. The van der Waals surface area contributed by atoms with Crippen LogP contribution in [0, 0.1) is 5.82 Å². The van der Waals surface area contributed by atoms with E-state index >= 15 is 0 Å². The number of piperazine rings is 1. The molecular weight excluding hydrogens is 389 g/mol. The fourth-order valence-electron chi connectivity index (χ4n) is 3.91. The number of anilines is 1. The first kappa shape index (κ1) is 20.0. The molecule has 0 unspecified atom stereocenters. The number of halogens is 1. The van der Waals surface area contributed by atoms with Crippen molar-refractivity contribution in [2.75, 3.05) is 57.0 Å². The van der Waals surface area contributed by atoms with Crippen molar-refractivity contribution in [2.24, 2.45) is 0 Å². The third kappa shape index (κ3) is 4.51. The molecule has 2 fully saturated rings. The molecule has 2 heterocycles. The minimum Gasteiger partial charge on any atom is -0.497 e. The summed E-state index contributed by atoms with van der Waals surface area (Å²) in [5.41, 5.74) is 1.75. The summed E-state index contributed by atoms with van der Waals surface area (Å²) in [5.74, 6) is 1.54. The van der Waals surface area contributed by atoms with Gasteiger partial charge in [-0.1, -0.05) is 24.3 Å². The van der Waals surface area contributed by atoms with Crippen molar-refractivity contribution < 1.29 is 13.9 Å². The van der Waals surface area contributed by atoms with E-state index in [0.717, 1.165) is 43.4 Å². The van der Waals surface area contributed by atoms with Gasteiger partial charge in [0.2, 0.25) is 5.91 Å². The quantitative estimate of drug-likeness (QED) is 0.749. The highest BCUT2D eigenvalue weighted by atomic mass is 32.2. The van der Waals surface area contributed by atoms with Crippen molar-refractivity contribution in [1.29, 1.82) is 0 Å². The normalized spacial score (nSPS) is 20.1. The second-order valence-corrected chi connectivity index (χ2v) is 8.48. The summed E-state index contributed by atoms with van der Waals surface area (Å²) < 4.78 is 19.5. The molecule has 7 heteroatoms. The molecule has 5 nitrogen and oxygen atoms in total. The molecule has 1 amide bonds. The Hall–Kier alpha value is -2.25. The van der Waals surface area contributed by atoms with Gasteiger partial charge >= 0.3 is 0 Å². The Bertz CT molecular complexity index is 857. The van der Waals surface area contributed by atoms with Crippen molar-refractivity contribution in [3.8, 4) is 5.75 Å². The number of hydrogen-bond acceptors (Lipinski definition) is 5. The van der Waals surface area contributed by atoms with Crippen LogP contribution in [0.2, 0.25) is 0 Å². The van der Waals surface area contributed by atoms with Gasteiger partial charge in [0.15, 0.2) is 0 Å². The number of carbonyl (C=O) groups excluding carboxylic acids is 1. The summed E-state index contributed by atoms with van der Waals surface area (Å²) in [5, 5.41) is -0.221. The van der Waals surface area contributed by atoms with Crippen LogP contribution in [-0.2, 0) is 4.79 Å². The van der Waals surface area contributed by atoms with Gasteiger partial charge in [-0.2, -0.15) is 0 Å². The maximum atomic E-state index is 14.2. The van der Waals surface area contributed by atoms with E-state index in [9.17, 15) is 9.18 Å². The first-order valence-electron chi connectivity index (χ1n) is 9.92. The smallest absolute Gasteiger partial charge is 0.237 e. The maximum absolute atomic E-state index is 14.2. The van der Waals surface area contributed by atoms with Gasteiger partial charge in [0, 0.05) is 55.8 Å². The van der Waals surface area contributed by atoms with Crippen LogP contribution in [0.1, 0.15) is 10.9 Å². The largest absolute Gasteiger partial charge is 0.497 e. The van der Waals surface area contributed by atoms with E-state index < -0.39 is 0 Å². The van der Waals surface area contributed by atoms with E-state index in [1.54, 1.807) is 31.0 Å². The maximum Gasteiger partial charge on any atom is 0.237 e. The molecule has 0 aliphatic carbocycles. The number of ether oxygens (including phenoxy) is 1. The average molecular weight is 416 g/mol. The Morgan fingerprint density at radius 3 is 2.66 bits per heavy atom. The molecule has 2 saturated heterocycles. The lowest BCUT2D eigenvalue weighted by Crippen LogP contribution is -2.50. The first-order chi connectivity index (χ1) is 14.2. The minimum atomic E-state index is -0.239. The molecule has 29 heavy (non-hydrogen) atoms. The van der Waals surface area contributed by atoms with Gasteiger partial charge in [-0.15, -0.1) is 11.8 Å². The van der Waals surface area contributed by atoms with Crippen molar-refractivity contribution in [3.05, 3.63) is 59.9 Å². The topological polar surface area (TPSA) is 36.0 Å². The van der Waals surface area contributed by atoms with Crippen molar-refractivity contribution >= 4 is 23.4 Å². The molecule has 0 saturated carbocycles. The van der Waals surface area contributed by atoms with E-state index in [-0.39, 0.29) is 17.1 Å². The van der Waals surface area contributed by atoms with Gasteiger partial charge in [-0.05, 0) is 18.2 Å². The molecular formula is C22H26FN3O2S. The molecule has 2 aliphatic rings. The van der Waals surface area contributed by atoms with Gasteiger partial charge in [0.25, 0.3) is 0 Å². The van der Waals surface area contributed by atoms with Gasteiger partial charge < -0.3 is 14.5 Å². The van der Waals surface area contributed by atoms with E-state index in [2.05, 4.69) is 15.9 Å². The zero-order chi connectivity index (χ0) is 20.2. The predicted octanol–water partition coefficient (Wildman–Crippen LogP) is 3.23. The van der Waals surface area contributed by atoms with Crippen LogP contribution in [0.15, 0.2) is 48.5 Å². The number of carbonyl (C=O) groups is 1. The summed E-state index contributed by atoms with van der Waals surface area (Å²) in [7, 11) is 1.67. The van der Waals surface area contributed by atoms with Crippen LogP contribution in [-0.4, -0.2) is 67.8 Å². The molecule has 2 aromatic rings. The van der Waals surface area contributed by atoms with E-state index in [0.29, 0.717) is 18.7 Å². The molecule has 2 aromatic carbocycles. The third-order valence-electron chi connectivity index (χ3n) is 5.53. The highest BCUT2D eigenvalue weighted by Gasteiger charge is 2.33. The number of rotatable bonds is 5. The monoisotopic (exact) mass is 415 g/mol. The lowest BCUT2D eigenvalue weighted by atomic mass is 10.2.